The number of nitrogens with zero attached hydrogens (tertiary/aromatic N) is 2. The maximum atomic E-state index is 13.3. The van der Waals surface area contributed by atoms with Crippen LogP contribution in [-0.4, -0.2) is 34.0 Å². The van der Waals surface area contributed by atoms with Crippen molar-refractivity contribution in [3.8, 4) is 5.75 Å². The van der Waals surface area contributed by atoms with E-state index in [1.54, 1.807) is 6.07 Å². The molecule has 4 aromatic rings. The van der Waals surface area contributed by atoms with Crippen molar-refractivity contribution < 1.29 is 9.90 Å². The van der Waals surface area contributed by atoms with Crippen LogP contribution in [0.25, 0.3) is 10.9 Å². The van der Waals surface area contributed by atoms with Crippen LogP contribution in [0.1, 0.15) is 48.0 Å². The summed E-state index contributed by atoms with van der Waals surface area (Å²) in [6.07, 6.45) is 8.31. The summed E-state index contributed by atoms with van der Waals surface area (Å²) >= 11 is 1.53. The van der Waals surface area contributed by atoms with Gasteiger partial charge in [-0.2, -0.15) is 0 Å². The molecule has 5 nitrogen and oxygen atoms in total. The quantitative estimate of drug-likeness (QED) is 0.254. The monoisotopic (exact) mass is 511 g/mol. The number of likely N-dealkylation sites (tertiary alicyclic amines) is 1. The van der Waals surface area contributed by atoms with Gasteiger partial charge in [0.1, 0.15) is 5.75 Å². The minimum Gasteiger partial charge on any atom is -0.508 e. The van der Waals surface area contributed by atoms with Gasteiger partial charge in [-0.25, -0.2) is 0 Å². The highest BCUT2D eigenvalue weighted by Gasteiger charge is 2.20. The van der Waals surface area contributed by atoms with Crippen LogP contribution in [0.5, 0.6) is 5.75 Å². The molecule has 0 aliphatic carbocycles. The Hall–Kier alpha value is -3.51. The molecule has 1 saturated heterocycles. The van der Waals surface area contributed by atoms with Crippen LogP contribution >= 0.6 is 11.9 Å². The van der Waals surface area contributed by atoms with Crippen LogP contribution in [0.4, 0.5) is 5.69 Å². The highest BCUT2D eigenvalue weighted by molar-refractivity contribution is 8.00. The molecule has 0 saturated carbocycles. The zero-order valence-corrected chi connectivity index (χ0v) is 21.8. The van der Waals surface area contributed by atoms with E-state index in [1.165, 1.54) is 23.9 Å². The van der Waals surface area contributed by atoms with E-state index in [-0.39, 0.29) is 5.91 Å². The average molecular weight is 512 g/mol. The average Bonchev–Trinajstić information content (AvgIpc) is 2.91. The van der Waals surface area contributed by atoms with Crippen molar-refractivity contribution in [2.24, 2.45) is 5.92 Å². The van der Waals surface area contributed by atoms with Crippen LogP contribution in [0.3, 0.4) is 0 Å². The zero-order chi connectivity index (χ0) is 25.5. The van der Waals surface area contributed by atoms with Gasteiger partial charge >= 0.3 is 0 Å². The summed E-state index contributed by atoms with van der Waals surface area (Å²) in [5, 5.41) is 10.8. The van der Waals surface area contributed by atoms with E-state index in [0.717, 1.165) is 72.2 Å². The van der Waals surface area contributed by atoms with Crippen LogP contribution < -0.4 is 4.72 Å². The van der Waals surface area contributed by atoms with Crippen LogP contribution in [0.15, 0.2) is 90.0 Å². The molecule has 1 atom stereocenters. The molecule has 1 unspecified atom stereocenters. The second-order valence-corrected chi connectivity index (χ2v) is 10.6. The Morgan fingerprint density at radius 2 is 1.81 bits per heavy atom. The molecule has 1 amide bonds. The molecule has 0 bridgehead atoms. The lowest BCUT2D eigenvalue weighted by atomic mass is 9.90. The number of phenolic OH excluding ortho intramolecular Hbond substituents is 1. The molecule has 190 valence electrons. The van der Waals surface area contributed by atoms with Crippen molar-refractivity contribution in [3.63, 3.8) is 0 Å². The smallest absolute Gasteiger partial charge is 0.253 e. The molecule has 0 radical (unpaired) electrons. The summed E-state index contributed by atoms with van der Waals surface area (Å²) in [6, 6.07) is 25.5. The Balaban J connectivity index is 1.15. The van der Waals surface area contributed by atoms with Gasteiger partial charge in [0.2, 0.25) is 0 Å². The minimum absolute atomic E-state index is 0.117. The molecule has 1 aliphatic heterocycles. The molecule has 2 heterocycles. The van der Waals surface area contributed by atoms with Gasteiger partial charge in [0, 0.05) is 35.9 Å². The molecule has 6 heteroatoms. The first-order valence-electron chi connectivity index (χ1n) is 13.1. The fraction of sp³-hybridized carbons (Fsp3) is 0.290. The number of hydrogen-bond acceptors (Lipinski definition) is 5. The third kappa shape index (κ3) is 6.63. The molecule has 37 heavy (non-hydrogen) atoms. The Kier molecular flexibility index (Phi) is 8.26. The largest absolute Gasteiger partial charge is 0.508 e. The lowest BCUT2D eigenvalue weighted by Gasteiger charge is -2.29. The molecule has 0 spiro atoms. The van der Waals surface area contributed by atoms with E-state index >= 15 is 0 Å². The van der Waals surface area contributed by atoms with Gasteiger partial charge in [0.15, 0.2) is 0 Å². The Morgan fingerprint density at radius 3 is 2.68 bits per heavy atom. The van der Waals surface area contributed by atoms with Crippen molar-refractivity contribution in [2.75, 3.05) is 17.8 Å². The number of aryl methyl sites for hydroxylation is 1. The van der Waals surface area contributed by atoms with E-state index in [2.05, 4.69) is 34.0 Å². The van der Waals surface area contributed by atoms with Crippen molar-refractivity contribution in [3.05, 3.63) is 96.2 Å². The number of carbonyl (C=O) groups excluding carboxylic acids is 1. The van der Waals surface area contributed by atoms with Crippen molar-refractivity contribution in [1.29, 1.82) is 0 Å². The SMILES string of the molecule is O=C(c1ccc(NSc2cccc3cccnc23)cc1)N1CCCCC(CCc2cccc(O)c2)CC1. The normalized spacial score (nSPS) is 16.2. The molecular formula is C31H33N3O2S. The van der Waals surface area contributed by atoms with Crippen molar-refractivity contribution in [2.45, 2.75) is 43.4 Å². The van der Waals surface area contributed by atoms with E-state index in [1.807, 2.05) is 59.6 Å². The Labute approximate surface area is 223 Å². The summed E-state index contributed by atoms with van der Waals surface area (Å²) in [6.45, 7) is 1.62. The first kappa shape index (κ1) is 25.2. The van der Waals surface area contributed by atoms with E-state index in [4.69, 9.17) is 0 Å². The summed E-state index contributed by atoms with van der Waals surface area (Å²) in [7, 11) is 0. The van der Waals surface area contributed by atoms with Gasteiger partial charge in [-0.05, 0) is 97.6 Å². The maximum absolute atomic E-state index is 13.3. The van der Waals surface area contributed by atoms with Crippen LogP contribution in [0.2, 0.25) is 0 Å². The van der Waals surface area contributed by atoms with Crippen LogP contribution in [-0.2, 0) is 6.42 Å². The van der Waals surface area contributed by atoms with Gasteiger partial charge in [0.25, 0.3) is 5.91 Å². The first-order valence-corrected chi connectivity index (χ1v) is 13.9. The van der Waals surface area contributed by atoms with E-state index in [0.29, 0.717) is 11.7 Å². The number of amides is 1. The minimum atomic E-state index is 0.117. The molecular weight excluding hydrogens is 478 g/mol. The topological polar surface area (TPSA) is 65.5 Å². The van der Waals surface area contributed by atoms with Gasteiger partial charge in [0.05, 0.1) is 10.4 Å². The predicted molar refractivity (Wildman–Crippen MR) is 152 cm³/mol. The molecule has 3 aromatic carbocycles. The fourth-order valence-corrected chi connectivity index (χ4v) is 5.82. The highest BCUT2D eigenvalue weighted by atomic mass is 32.2. The van der Waals surface area contributed by atoms with E-state index in [9.17, 15) is 9.90 Å². The number of para-hydroxylation sites is 1. The number of rotatable bonds is 7. The summed E-state index contributed by atoms with van der Waals surface area (Å²) in [5.41, 5.74) is 3.85. The van der Waals surface area contributed by atoms with Crippen LogP contribution in [0, 0.1) is 5.92 Å². The standard InChI is InChI=1S/C31H33N3O2S/c35-28-10-3-7-24(22-28)13-12-23-6-1-2-20-34(21-18-23)31(36)26-14-16-27(17-15-26)33-37-29-11-4-8-25-9-5-19-32-30(25)29/h3-5,7-11,14-17,19,22-23,33,35H,1-2,6,12-13,18,20-21H2. The van der Waals surface area contributed by atoms with Gasteiger partial charge in [-0.15, -0.1) is 0 Å². The number of carbonyl (C=O) groups is 1. The molecule has 1 aliphatic rings. The zero-order valence-electron chi connectivity index (χ0n) is 21.0. The third-order valence-corrected chi connectivity index (χ3v) is 8.03. The number of anilines is 1. The number of phenols is 1. The third-order valence-electron chi connectivity index (χ3n) is 7.14. The lowest BCUT2D eigenvalue weighted by Crippen LogP contribution is -2.35. The number of hydrogen-bond donors (Lipinski definition) is 2. The van der Waals surface area contributed by atoms with Gasteiger partial charge < -0.3 is 14.7 Å². The summed E-state index contributed by atoms with van der Waals surface area (Å²) in [5.74, 6) is 1.05. The molecule has 1 aromatic heterocycles. The Morgan fingerprint density at radius 1 is 0.973 bits per heavy atom. The summed E-state index contributed by atoms with van der Waals surface area (Å²) in [4.78, 5) is 20.9. The van der Waals surface area contributed by atoms with E-state index < -0.39 is 0 Å². The van der Waals surface area contributed by atoms with Crippen molar-refractivity contribution in [1.82, 2.24) is 9.88 Å². The number of aromatic nitrogens is 1. The number of pyridine rings is 1. The van der Waals surface area contributed by atoms with Gasteiger partial charge in [-0.1, -0.05) is 43.2 Å². The number of fused-ring (bicyclic) bond motifs is 1. The number of nitrogens with one attached hydrogen (secondary N) is 1. The highest BCUT2D eigenvalue weighted by Crippen LogP contribution is 2.28. The second kappa shape index (κ2) is 12.2. The van der Waals surface area contributed by atoms with Crippen molar-refractivity contribution >= 4 is 34.4 Å². The summed E-state index contributed by atoms with van der Waals surface area (Å²) < 4.78 is 3.39. The second-order valence-electron chi connectivity index (χ2n) is 9.76. The molecule has 2 N–H and O–H groups in total. The number of aromatic hydroxyl groups is 1. The number of benzene rings is 3. The lowest BCUT2D eigenvalue weighted by molar-refractivity contribution is 0.0728. The van der Waals surface area contributed by atoms with Gasteiger partial charge in [-0.3, -0.25) is 9.78 Å². The maximum Gasteiger partial charge on any atom is 0.253 e. The molecule has 5 rings (SSSR count). The Bertz CT molecular complexity index is 1340. The molecule has 1 fully saturated rings. The first-order chi connectivity index (χ1) is 18.2. The predicted octanol–water partition coefficient (Wildman–Crippen LogP) is 7.32. The fourth-order valence-electron chi connectivity index (χ4n) is 5.04.